The van der Waals surface area contributed by atoms with E-state index in [0.717, 1.165) is 0 Å². The van der Waals surface area contributed by atoms with Crippen LogP contribution >= 0.6 is 0 Å². The molecule has 0 fully saturated rings. The van der Waals surface area contributed by atoms with Crippen molar-refractivity contribution in [3.8, 4) is 17.2 Å². The van der Waals surface area contributed by atoms with Crippen LogP contribution in [0.25, 0.3) is 5.57 Å². The fourth-order valence-electron chi connectivity index (χ4n) is 3.11. The van der Waals surface area contributed by atoms with Crippen molar-refractivity contribution in [1.29, 1.82) is 0 Å². The number of aromatic nitrogens is 1. The summed E-state index contributed by atoms with van der Waals surface area (Å²) in [4.78, 5) is 29.2. The van der Waals surface area contributed by atoms with Gasteiger partial charge in [-0.2, -0.15) is 0 Å². The number of carbonyl (C=O) groups is 2. The van der Waals surface area contributed by atoms with Crippen LogP contribution in [0.5, 0.6) is 17.2 Å². The second kappa shape index (κ2) is 11.6. The molecule has 4 rings (SSSR count). The SMILES string of the molecule is C=C(C(=O)Nc1ccc(Oc2ccnc3c2OCCN3)cc1)C(=O)C(=C)c1ccc(F)cc1.CC. The number of amides is 1. The molecule has 1 aliphatic heterocycles. The first-order valence-electron chi connectivity index (χ1n) is 11.1. The number of pyridine rings is 1. The number of allylic oxidation sites excluding steroid dienone is 1. The number of nitrogens with one attached hydrogen (secondary N) is 2. The number of Topliss-reactive ketones (excluding diaryl/α,β-unsaturated/α-hetero) is 1. The number of carbonyl (C=O) groups excluding carboxylic acids is 2. The van der Waals surface area contributed by atoms with Crippen LogP contribution in [0.2, 0.25) is 0 Å². The zero-order chi connectivity index (χ0) is 25.4. The molecule has 1 aromatic heterocycles. The van der Waals surface area contributed by atoms with Crippen molar-refractivity contribution in [2.75, 3.05) is 23.8 Å². The highest BCUT2D eigenvalue weighted by molar-refractivity contribution is 6.38. The highest BCUT2D eigenvalue weighted by atomic mass is 19.1. The van der Waals surface area contributed by atoms with Gasteiger partial charge in [-0.25, -0.2) is 9.37 Å². The van der Waals surface area contributed by atoms with E-state index in [0.29, 0.717) is 47.5 Å². The highest BCUT2D eigenvalue weighted by Gasteiger charge is 2.20. The van der Waals surface area contributed by atoms with E-state index in [-0.39, 0.29) is 11.1 Å². The summed E-state index contributed by atoms with van der Waals surface area (Å²) in [5.41, 5.74) is 0.631. The molecule has 2 aromatic carbocycles. The van der Waals surface area contributed by atoms with Crippen molar-refractivity contribution in [3.05, 3.63) is 90.9 Å². The van der Waals surface area contributed by atoms with Crippen molar-refractivity contribution in [3.63, 3.8) is 0 Å². The second-order valence-corrected chi connectivity index (χ2v) is 7.14. The first kappa shape index (κ1) is 25.2. The molecule has 180 valence electrons. The lowest BCUT2D eigenvalue weighted by atomic mass is 9.98. The Bertz CT molecular complexity index is 1240. The third-order valence-corrected chi connectivity index (χ3v) is 4.86. The van der Waals surface area contributed by atoms with Crippen molar-refractivity contribution in [2.24, 2.45) is 0 Å². The number of fused-ring (bicyclic) bond motifs is 1. The monoisotopic (exact) mass is 475 g/mol. The number of ketones is 1. The molecule has 0 bridgehead atoms. The summed E-state index contributed by atoms with van der Waals surface area (Å²) in [6.45, 7) is 12.5. The Balaban J connectivity index is 0.00000167. The van der Waals surface area contributed by atoms with Gasteiger partial charge in [-0.15, -0.1) is 0 Å². The topological polar surface area (TPSA) is 89.6 Å². The van der Waals surface area contributed by atoms with Crippen LogP contribution in [0, 0.1) is 5.82 Å². The van der Waals surface area contributed by atoms with Gasteiger partial charge in [0.25, 0.3) is 5.91 Å². The minimum atomic E-state index is -0.667. The quantitative estimate of drug-likeness (QED) is 0.262. The minimum Gasteiger partial charge on any atom is -0.485 e. The summed E-state index contributed by atoms with van der Waals surface area (Å²) in [5, 5.41) is 5.76. The maximum absolute atomic E-state index is 13.1. The lowest BCUT2D eigenvalue weighted by Gasteiger charge is -2.20. The smallest absolute Gasteiger partial charge is 0.259 e. The molecule has 2 N–H and O–H groups in total. The van der Waals surface area contributed by atoms with Gasteiger partial charge < -0.3 is 20.1 Å². The molecule has 8 heteroatoms. The van der Waals surface area contributed by atoms with Crippen LogP contribution < -0.4 is 20.1 Å². The lowest BCUT2D eigenvalue weighted by molar-refractivity contribution is -0.117. The Hall–Kier alpha value is -4.46. The van der Waals surface area contributed by atoms with Crippen molar-refractivity contribution >= 4 is 28.8 Å². The molecule has 0 radical (unpaired) electrons. The number of benzene rings is 2. The standard InChI is InChI=1S/C25H20FN3O4.C2H6/c1-15(17-3-5-18(26)6-4-17)22(30)16(2)25(31)29-19-7-9-20(10-8-19)33-21-11-12-27-24-23(21)32-14-13-28-24;1-2/h3-12H,1-2,13-14H2,(H,27,28)(H,29,31);1-2H3. The summed E-state index contributed by atoms with van der Waals surface area (Å²) < 4.78 is 24.6. The predicted molar refractivity (Wildman–Crippen MR) is 134 cm³/mol. The Morgan fingerprint density at radius 2 is 1.74 bits per heavy atom. The molecule has 0 atom stereocenters. The summed E-state index contributed by atoms with van der Waals surface area (Å²) in [5.74, 6) is 0.466. The Morgan fingerprint density at radius 3 is 2.43 bits per heavy atom. The molecule has 2 heterocycles. The van der Waals surface area contributed by atoms with E-state index in [2.05, 4.69) is 28.8 Å². The number of rotatable bonds is 7. The van der Waals surface area contributed by atoms with E-state index in [4.69, 9.17) is 9.47 Å². The van der Waals surface area contributed by atoms with Gasteiger partial charge in [0.2, 0.25) is 5.75 Å². The van der Waals surface area contributed by atoms with Gasteiger partial charge in [-0.1, -0.05) is 39.1 Å². The van der Waals surface area contributed by atoms with Crippen LogP contribution in [-0.2, 0) is 9.59 Å². The predicted octanol–water partition coefficient (Wildman–Crippen LogP) is 5.62. The number of nitrogens with zero attached hydrogens (tertiary/aromatic N) is 1. The van der Waals surface area contributed by atoms with E-state index < -0.39 is 17.5 Å². The molecule has 3 aromatic rings. The third-order valence-electron chi connectivity index (χ3n) is 4.86. The van der Waals surface area contributed by atoms with E-state index in [9.17, 15) is 14.0 Å². The van der Waals surface area contributed by atoms with E-state index in [1.807, 2.05) is 13.8 Å². The average molecular weight is 476 g/mol. The Labute approximate surface area is 203 Å². The zero-order valence-electron chi connectivity index (χ0n) is 19.6. The Kier molecular flexibility index (Phi) is 8.34. The minimum absolute atomic E-state index is 0.0521. The van der Waals surface area contributed by atoms with Gasteiger partial charge in [0.15, 0.2) is 17.4 Å². The van der Waals surface area contributed by atoms with Crippen molar-refractivity contribution in [2.45, 2.75) is 13.8 Å². The Morgan fingerprint density at radius 1 is 1.06 bits per heavy atom. The third kappa shape index (κ3) is 6.11. The normalized spacial score (nSPS) is 11.4. The largest absolute Gasteiger partial charge is 0.485 e. The maximum Gasteiger partial charge on any atom is 0.259 e. The number of ether oxygens (including phenoxy) is 2. The zero-order valence-corrected chi connectivity index (χ0v) is 19.6. The van der Waals surface area contributed by atoms with E-state index >= 15 is 0 Å². The molecule has 0 saturated carbocycles. The first-order valence-corrected chi connectivity index (χ1v) is 11.1. The summed E-state index contributed by atoms with van der Waals surface area (Å²) in [7, 11) is 0. The fraction of sp³-hybridized carbons (Fsp3) is 0.148. The number of hydrogen-bond donors (Lipinski definition) is 2. The summed E-state index contributed by atoms with van der Waals surface area (Å²) in [6.07, 6.45) is 1.62. The molecule has 1 aliphatic rings. The van der Waals surface area contributed by atoms with E-state index in [1.165, 1.54) is 24.3 Å². The van der Waals surface area contributed by atoms with Crippen molar-refractivity contribution < 1.29 is 23.5 Å². The van der Waals surface area contributed by atoms with Crippen LogP contribution in [0.4, 0.5) is 15.9 Å². The average Bonchev–Trinajstić information content (AvgIpc) is 2.90. The second-order valence-electron chi connectivity index (χ2n) is 7.14. The molecular weight excluding hydrogens is 449 g/mol. The maximum atomic E-state index is 13.1. The molecule has 0 unspecified atom stereocenters. The molecule has 0 saturated heterocycles. The summed E-state index contributed by atoms with van der Waals surface area (Å²) >= 11 is 0. The summed E-state index contributed by atoms with van der Waals surface area (Å²) in [6, 6.07) is 13.6. The van der Waals surface area contributed by atoms with Gasteiger partial charge in [0.1, 0.15) is 18.2 Å². The van der Waals surface area contributed by atoms with Crippen molar-refractivity contribution in [1.82, 2.24) is 4.98 Å². The van der Waals surface area contributed by atoms with Crippen LogP contribution in [0.3, 0.4) is 0 Å². The molecule has 35 heavy (non-hydrogen) atoms. The molecule has 7 nitrogen and oxygen atoms in total. The van der Waals surface area contributed by atoms with E-state index in [1.54, 1.807) is 36.5 Å². The van der Waals surface area contributed by atoms with Crippen LogP contribution in [-0.4, -0.2) is 29.8 Å². The van der Waals surface area contributed by atoms with Crippen LogP contribution in [0.1, 0.15) is 19.4 Å². The fourth-order valence-corrected chi connectivity index (χ4v) is 3.11. The van der Waals surface area contributed by atoms with Crippen LogP contribution in [0.15, 0.2) is 79.5 Å². The van der Waals surface area contributed by atoms with Gasteiger partial charge in [-0.3, -0.25) is 9.59 Å². The highest BCUT2D eigenvalue weighted by Crippen LogP contribution is 2.38. The number of hydrogen-bond acceptors (Lipinski definition) is 6. The molecule has 0 aliphatic carbocycles. The molecule has 1 amide bonds. The van der Waals surface area contributed by atoms with Gasteiger partial charge in [-0.05, 0) is 42.0 Å². The molecular formula is C27H26FN3O4. The van der Waals surface area contributed by atoms with Gasteiger partial charge in [0.05, 0.1) is 12.1 Å². The lowest BCUT2D eigenvalue weighted by Crippen LogP contribution is -2.20. The van der Waals surface area contributed by atoms with Gasteiger partial charge >= 0.3 is 0 Å². The van der Waals surface area contributed by atoms with Gasteiger partial charge in [0, 0.05) is 23.5 Å². The first-order chi connectivity index (χ1) is 16.9. The number of halogens is 1. The molecule has 0 spiro atoms. The number of anilines is 2.